The standard InChI is InChI=1S/C11H11F3N2S/c12-11(13,14)7-3-4-9-8(6-7)16-10(17-9)2-1-5-15/h3-4,6H,1-2,5,15H2. The van der Waals surface area contributed by atoms with Crippen molar-refractivity contribution in [1.29, 1.82) is 0 Å². The van der Waals surface area contributed by atoms with Gasteiger partial charge in [0.05, 0.1) is 20.8 Å². The highest BCUT2D eigenvalue weighted by Gasteiger charge is 2.30. The van der Waals surface area contributed by atoms with Gasteiger partial charge in [0.15, 0.2) is 0 Å². The van der Waals surface area contributed by atoms with E-state index >= 15 is 0 Å². The molecule has 2 nitrogen and oxygen atoms in total. The number of hydrogen-bond donors (Lipinski definition) is 1. The molecule has 0 fully saturated rings. The van der Waals surface area contributed by atoms with Gasteiger partial charge in [0.2, 0.25) is 0 Å². The lowest BCUT2D eigenvalue weighted by atomic mass is 10.2. The van der Waals surface area contributed by atoms with Crippen LogP contribution in [0.3, 0.4) is 0 Å². The molecule has 0 aliphatic carbocycles. The third-order valence-electron chi connectivity index (χ3n) is 2.35. The van der Waals surface area contributed by atoms with E-state index in [1.165, 1.54) is 17.4 Å². The highest BCUT2D eigenvalue weighted by atomic mass is 32.1. The zero-order chi connectivity index (χ0) is 12.5. The van der Waals surface area contributed by atoms with Crippen LogP contribution in [-0.4, -0.2) is 11.5 Å². The van der Waals surface area contributed by atoms with Crippen LogP contribution in [0.4, 0.5) is 13.2 Å². The second-order valence-electron chi connectivity index (χ2n) is 3.68. The van der Waals surface area contributed by atoms with E-state index in [0.717, 1.165) is 34.7 Å². The number of halogens is 3. The number of hydrogen-bond acceptors (Lipinski definition) is 3. The van der Waals surface area contributed by atoms with Gasteiger partial charge in [-0.1, -0.05) is 0 Å². The topological polar surface area (TPSA) is 38.9 Å². The maximum atomic E-state index is 12.5. The first-order valence-corrected chi connectivity index (χ1v) is 5.99. The molecule has 0 unspecified atom stereocenters. The summed E-state index contributed by atoms with van der Waals surface area (Å²) in [6, 6.07) is 3.66. The first-order valence-electron chi connectivity index (χ1n) is 5.17. The first kappa shape index (κ1) is 12.3. The molecule has 0 bridgehead atoms. The zero-order valence-electron chi connectivity index (χ0n) is 8.92. The molecule has 0 spiro atoms. The molecule has 0 saturated heterocycles. The Hall–Kier alpha value is -1.14. The quantitative estimate of drug-likeness (QED) is 0.920. The molecule has 0 amide bonds. The van der Waals surface area contributed by atoms with E-state index < -0.39 is 11.7 Å². The van der Waals surface area contributed by atoms with E-state index in [-0.39, 0.29) is 0 Å². The van der Waals surface area contributed by atoms with Crippen LogP contribution in [0.2, 0.25) is 0 Å². The molecule has 0 atom stereocenters. The Morgan fingerprint density at radius 1 is 1.29 bits per heavy atom. The van der Waals surface area contributed by atoms with Crippen LogP contribution in [0.5, 0.6) is 0 Å². The molecule has 1 heterocycles. The summed E-state index contributed by atoms with van der Waals surface area (Å²) in [6.45, 7) is 0.559. The average molecular weight is 260 g/mol. The molecule has 0 aliphatic heterocycles. The molecule has 92 valence electrons. The zero-order valence-corrected chi connectivity index (χ0v) is 9.74. The number of nitrogens with two attached hydrogens (primary N) is 1. The van der Waals surface area contributed by atoms with Crippen LogP contribution in [0.15, 0.2) is 18.2 Å². The fourth-order valence-corrected chi connectivity index (χ4v) is 2.50. The molecule has 1 aromatic heterocycles. The molecule has 17 heavy (non-hydrogen) atoms. The minimum atomic E-state index is -4.31. The molecular weight excluding hydrogens is 249 g/mol. The van der Waals surface area contributed by atoms with Crippen molar-refractivity contribution in [1.82, 2.24) is 4.98 Å². The second-order valence-corrected chi connectivity index (χ2v) is 4.80. The van der Waals surface area contributed by atoms with Crippen LogP contribution in [0, 0.1) is 0 Å². The fraction of sp³-hybridized carbons (Fsp3) is 0.364. The van der Waals surface area contributed by atoms with E-state index in [1.54, 1.807) is 0 Å². The molecule has 1 aromatic carbocycles. The lowest BCUT2D eigenvalue weighted by Crippen LogP contribution is -2.04. The van der Waals surface area contributed by atoms with E-state index in [4.69, 9.17) is 5.73 Å². The molecule has 0 saturated carbocycles. The minimum absolute atomic E-state index is 0.414. The van der Waals surface area contributed by atoms with Crippen molar-refractivity contribution in [2.45, 2.75) is 19.0 Å². The van der Waals surface area contributed by atoms with Crippen LogP contribution in [-0.2, 0) is 12.6 Å². The summed E-state index contributed by atoms with van der Waals surface area (Å²) in [4.78, 5) is 4.19. The Labute approximate surface area is 100 Å². The highest BCUT2D eigenvalue weighted by molar-refractivity contribution is 7.18. The summed E-state index contributed by atoms with van der Waals surface area (Å²) < 4.78 is 38.2. The number of benzene rings is 1. The lowest BCUT2D eigenvalue weighted by molar-refractivity contribution is -0.137. The van der Waals surface area contributed by atoms with E-state index in [2.05, 4.69) is 4.98 Å². The number of fused-ring (bicyclic) bond motifs is 1. The number of aryl methyl sites for hydroxylation is 1. The Balaban J connectivity index is 2.34. The molecule has 2 N–H and O–H groups in total. The minimum Gasteiger partial charge on any atom is -0.330 e. The van der Waals surface area contributed by atoms with Gasteiger partial charge in [-0.25, -0.2) is 4.98 Å². The van der Waals surface area contributed by atoms with Gasteiger partial charge in [-0.05, 0) is 31.2 Å². The van der Waals surface area contributed by atoms with Crippen molar-refractivity contribution >= 4 is 21.6 Å². The van der Waals surface area contributed by atoms with Crippen LogP contribution in [0.25, 0.3) is 10.2 Å². The Bertz CT molecular complexity index is 519. The van der Waals surface area contributed by atoms with Crippen LogP contribution >= 0.6 is 11.3 Å². The maximum absolute atomic E-state index is 12.5. The van der Waals surface area contributed by atoms with Gasteiger partial charge in [-0.15, -0.1) is 11.3 Å². The number of nitrogens with zero attached hydrogens (tertiary/aromatic N) is 1. The molecule has 6 heteroatoms. The summed E-state index contributed by atoms with van der Waals surface area (Å²) in [5, 5.41) is 0.838. The SMILES string of the molecule is NCCCc1nc2cc(C(F)(F)F)ccc2s1. The predicted octanol–water partition coefficient (Wildman–Crippen LogP) is 3.21. The number of alkyl halides is 3. The third-order valence-corrected chi connectivity index (χ3v) is 3.45. The van der Waals surface area contributed by atoms with Crippen molar-refractivity contribution in [2.75, 3.05) is 6.54 Å². The normalized spacial score (nSPS) is 12.2. The van der Waals surface area contributed by atoms with Gasteiger partial charge in [-0.3, -0.25) is 0 Å². The van der Waals surface area contributed by atoms with Gasteiger partial charge in [0.25, 0.3) is 0 Å². The Morgan fingerprint density at radius 2 is 2.06 bits per heavy atom. The molecule has 0 radical (unpaired) electrons. The van der Waals surface area contributed by atoms with E-state index in [1.807, 2.05) is 0 Å². The largest absolute Gasteiger partial charge is 0.416 e. The second kappa shape index (κ2) is 4.62. The number of aromatic nitrogens is 1. The van der Waals surface area contributed by atoms with Crippen molar-refractivity contribution in [2.24, 2.45) is 5.73 Å². The van der Waals surface area contributed by atoms with Crippen molar-refractivity contribution in [3.63, 3.8) is 0 Å². The van der Waals surface area contributed by atoms with E-state index in [0.29, 0.717) is 12.1 Å². The summed E-state index contributed by atoms with van der Waals surface area (Å²) >= 11 is 1.42. The smallest absolute Gasteiger partial charge is 0.330 e. The van der Waals surface area contributed by atoms with Crippen molar-refractivity contribution < 1.29 is 13.2 Å². The first-order chi connectivity index (χ1) is 8.00. The molecular formula is C11H11F3N2S. The van der Waals surface area contributed by atoms with E-state index in [9.17, 15) is 13.2 Å². The Kier molecular flexibility index (Phi) is 3.35. The monoisotopic (exact) mass is 260 g/mol. The predicted molar refractivity (Wildman–Crippen MR) is 62.0 cm³/mol. The fourth-order valence-electron chi connectivity index (χ4n) is 1.51. The maximum Gasteiger partial charge on any atom is 0.416 e. The molecule has 2 aromatic rings. The van der Waals surface area contributed by atoms with Gasteiger partial charge in [0.1, 0.15) is 0 Å². The highest BCUT2D eigenvalue weighted by Crippen LogP contribution is 2.32. The van der Waals surface area contributed by atoms with Gasteiger partial charge in [-0.2, -0.15) is 13.2 Å². The van der Waals surface area contributed by atoms with Gasteiger partial charge < -0.3 is 5.73 Å². The van der Waals surface area contributed by atoms with Gasteiger partial charge in [0, 0.05) is 6.42 Å². The molecule has 0 aliphatic rings. The summed E-state index contributed by atoms with van der Waals surface area (Å²) in [5.41, 5.74) is 5.14. The van der Waals surface area contributed by atoms with Gasteiger partial charge >= 0.3 is 6.18 Å². The average Bonchev–Trinajstić information content (AvgIpc) is 2.66. The summed E-state index contributed by atoms with van der Waals surface area (Å²) in [5.74, 6) is 0. The van der Waals surface area contributed by atoms with Crippen molar-refractivity contribution in [3.8, 4) is 0 Å². The lowest BCUT2D eigenvalue weighted by Gasteiger charge is -2.04. The number of rotatable bonds is 3. The third kappa shape index (κ3) is 2.76. The van der Waals surface area contributed by atoms with Crippen molar-refractivity contribution in [3.05, 3.63) is 28.8 Å². The Morgan fingerprint density at radius 3 is 2.71 bits per heavy atom. The van der Waals surface area contributed by atoms with Crippen LogP contribution in [0.1, 0.15) is 17.0 Å². The summed E-state index contributed by atoms with van der Waals surface area (Å²) in [6.07, 6.45) is -2.79. The molecule has 2 rings (SSSR count). The van der Waals surface area contributed by atoms with Crippen LogP contribution < -0.4 is 5.73 Å². The summed E-state index contributed by atoms with van der Waals surface area (Å²) in [7, 11) is 0. The number of thiazole rings is 1.